The van der Waals surface area contributed by atoms with E-state index in [9.17, 15) is 23.9 Å². The molecule has 0 unspecified atom stereocenters. The van der Waals surface area contributed by atoms with Gasteiger partial charge in [-0.3, -0.25) is 9.59 Å². The molecule has 1 aromatic carbocycles. The van der Waals surface area contributed by atoms with Crippen LogP contribution in [0.25, 0.3) is 0 Å². The van der Waals surface area contributed by atoms with Crippen molar-refractivity contribution >= 4 is 17.8 Å². The molecule has 0 bridgehead atoms. The number of halogens is 1. The molecular weight excluding hydrogens is 327 g/mol. The van der Waals surface area contributed by atoms with Crippen molar-refractivity contribution in [3.05, 3.63) is 48.3 Å². The molecule has 0 spiro atoms. The lowest BCUT2D eigenvalue weighted by Crippen LogP contribution is -2.52. The van der Waals surface area contributed by atoms with Crippen LogP contribution in [0.5, 0.6) is 0 Å². The third-order valence-corrected chi connectivity index (χ3v) is 3.56. The molecule has 7 heteroatoms. The van der Waals surface area contributed by atoms with E-state index < -0.39 is 35.7 Å². The Balaban J connectivity index is 2.79. The summed E-state index contributed by atoms with van der Waals surface area (Å²) in [7, 11) is 0. The smallest absolute Gasteiger partial charge is 0.326 e. The van der Waals surface area contributed by atoms with Gasteiger partial charge >= 0.3 is 5.97 Å². The summed E-state index contributed by atoms with van der Waals surface area (Å²) in [5.41, 5.74) is 0.647. The van der Waals surface area contributed by atoms with Crippen LogP contribution in [0, 0.1) is 5.82 Å². The van der Waals surface area contributed by atoms with Crippen LogP contribution in [0.4, 0.5) is 4.39 Å². The second-order valence-corrected chi connectivity index (χ2v) is 5.70. The van der Waals surface area contributed by atoms with Gasteiger partial charge < -0.3 is 15.7 Å². The van der Waals surface area contributed by atoms with Crippen LogP contribution in [0.15, 0.2) is 36.9 Å². The number of aliphatic carboxylic acids is 1. The number of benzene rings is 1. The average Bonchev–Trinajstić information content (AvgIpc) is 2.54. The maximum atomic E-state index is 13.0. The Hall–Kier alpha value is -2.70. The Morgan fingerprint density at radius 3 is 2.36 bits per heavy atom. The lowest BCUT2D eigenvalue weighted by Gasteiger charge is -2.21. The molecular formula is C18H23FN2O4. The van der Waals surface area contributed by atoms with Gasteiger partial charge in [0.05, 0.1) is 0 Å². The van der Waals surface area contributed by atoms with Gasteiger partial charge in [-0.15, -0.1) is 6.58 Å². The molecule has 0 heterocycles. The molecule has 0 aromatic heterocycles. The topological polar surface area (TPSA) is 95.5 Å². The first-order valence-corrected chi connectivity index (χ1v) is 7.99. The predicted molar refractivity (Wildman–Crippen MR) is 91.3 cm³/mol. The molecule has 0 aliphatic carbocycles. The summed E-state index contributed by atoms with van der Waals surface area (Å²) in [5, 5.41) is 14.2. The lowest BCUT2D eigenvalue weighted by atomic mass is 10.0. The molecule has 0 radical (unpaired) electrons. The summed E-state index contributed by atoms with van der Waals surface area (Å²) in [6.45, 7) is 4.84. The van der Waals surface area contributed by atoms with Gasteiger partial charge in [0, 0.05) is 13.3 Å². The number of carbonyl (C=O) groups excluding carboxylic acids is 2. The van der Waals surface area contributed by atoms with Gasteiger partial charge in [-0.25, -0.2) is 9.18 Å². The van der Waals surface area contributed by atoms with E-state index >= 15 is 0 Å². The van der Waals surface area contributed by atoms with Gasteiger partial charge in [0.15, 0.2) is 0 Å². The molecule has 1 rings (SSSR count). The molecule has 6 nitrogen and oxygen atoms in total. The summed E-state index contributed by atoms with van der Waals surface area (Å²) in [5.74, 6) is -2.55. The van der Waals surface area contributed by atoms with Crippen LogP contribution in [0.3, 0.4) is 0 Å². The van der Waals surface area contributed by atoms with E-state index in [-0.39, 0.29) is 12.8 Å². The molecule has 0 aliphatic heterocycles. The number of carbonyl (C=O) groups is 3. The molecule has 2 amide bonds. The van der Waals surface area contributed by atoms with E-state index in [0.717, 1.165) is 0 Å². The second kappa shape index (κ2) is 10.2. The number of amides is 2. The van der Waals surface area contributed by atoms with Gasteiger partial charge in [-0.2, -0.15) is 0 Å². The Kier molecular flexibility index (Phi) is 8.32. The van der Waals surface area contributed by atoms with Crippen molar-refractivity contribution in [3.63, 3.8) is 0 Å². The van der Waals surface area contributed by atoms with Crippen molar-refractivity contribution in [3.8, 4) is 0 Å². The third-order valence-electron chi connectivity index (χ3n) is 3.56. The predicted octanol–water partition coefficient (Wildman–Crippen LogP) is 1.80. The number of allylic oxidation sites excluding steroid dienone is 1. The Morgan fingerprint density at radius 1 is 1.20 bits per heavy atom. The second-order valence-electron chi connectivity index (χ2n) is 5.70. The van der Waals surface area contributed by atoms with Crippen molar-refractivity contribution in [1.29, 1.82) is 0 Å². The molecule has 25 heavy (non-hydrogen) atoms. The van der Waals surface area contributed by atoms with E-state index in [1.807, 2.05) is 0 Å². The van der Waals surface area contributed by atoms with Gasteiger partial charge in [-0.1, -0.05) is 18.2 Å². The minimum atomic E-state index is -1.14. The normalized spacial score (nSPS) is 12.7. The first kappa shape index (κ1) is 20.3. The van der Waals surface area contributed by atoms with E-state index in [0.29, 0.717) is 18.4 Å². The first-order valence-electron chi connectivity index (χ1n) is 7.99. The highest BCUT2D eigenvalue weighted by atomic mass is 19.1. The minimum absolute atomic E-state index is 0.130. The van der Waals surface area contributed by atoms with Gasteiger partial charge in [0.2, 0.25) is 11.8 Å². The fourth-order valence-electron chi connectivity index (χ4n) is 2.31. The maximum absolute atomic E-state index is 13.0. The largest absolute Gasteiger partial charge is 0.480 e. The van der Waals surface area contributed by atoms with E-state index in [1.54, 1.807) is 6.08 Å². The fraction of sp³-hybridized carbons (Fsp3) is 0.389. The first-order chi connectivity index (χ1) is 11.8. The van der Waals surface area contributed by atoms with E-state index in [1.165, 1.54) is 31.2 Å². The lowest BCUT2D eigenvalue weighted by molar-refractivity contribution is -0.142. The zero-order valence-electron chi connectivity index (χ0n) is 14.1. The molecule has 0 aliphatic rings. The van der Waals surface area contributed by atoms with Crippen molar-refractivity contribution in [1.82, 2.24) is 10.6 Å². The summed E-state index contributed by atoms with van der Waals surface area (Å²) < 4.78 is 13.0. The van der Waals surface area contributed by atoms with Crippen LogP contribution in [0.1, 0.15) is 31.7 Å². The molecule has 3 N–H and O–H groups in total. The summed E-state index contributed by atoms with van der Waals surface area (Å²) in [6, 6.07) is 3.55. The van der Waals surface area contributed by atoms with Crippen molar-refractivity contribution in [2.75, 3.05) is 0 Å². The van der Waals surface area contributed by atoms with Crippen molar-refractivity contribution in [2.45, 2.75) is 44.7 Å². The number of carboxylic acids is 1. The highest BCUT2D eigenvalue weighted by Crippen LogP contribution is 2.08. The van der Waals surface area contributed by atoms with E-state index in [2.05, 4.69) is 17.2 Å². The molecule has 2 atom stereocenters. The highest BCUT2D eigenvalue weighted by molar-refractivity contribution is 5.90. The van der Waals surface area contributed by atoms with Crippen molar-refractivity contribution < 1.29 is 23.9 Å². The molecule has 136 valence electrons. The standard InChI is InChI=1S/C18H23FN2O4/c1-3-4-5-6-15(18(24)25)21-17(23)16(20-12(2)22)11-13-7-9-14(19)10-8-13/h3,7-10,15-16H,1,4-6,11H2,2H3,(H,20,22)(H,21,23)(H,24,25)/t15-,16+/m0/s1. The zero-order chi connectivity index (χ0) is 18.8. The average molecular weight is 350 g/mol. The molecule has 1 aromatic rings. The Morgan fingerprint density at radius 2 is 1.84 bits per heavy atom. The molecule has 0 saturated carbocycles. The molecule has 0 saturated heterocycles. The maximum Gasteiger partial charge on any atom is 0.326 e. The summed E-state index contributed by atoms with van der Waals surface area (Å²) in [4.78, 5) is 35.1. The van der Waals surface area contributed by atoms with Gasteiger partial charge in [-0.05, 0) is 37.0 Å². The SMILES string of the molecule is C=CCCC[C@H](NC(=O)[C@@H](Cc1ccc(F)cc1)NC(C)=O)C(=O)O. The third kappa shape index (κ3) is 7.60. The number of carboxylic acid groups (broad SMARTS) is 1. The zero-order valence-corrected chi connectivity index (χ0v) is 14.1. The minimum Gasteiger partial charge on any atom is -0.480 e. The van der Waals surface area contributed by atoms with Gasteiger partial charge in [0.1, 0.15) is 17.9 Å². The molecule has 0 fully saturated rings. The summed E-state index contributed by atoms with van der Waals surface area (Å²) in [6.07, 6.45) is 3.28. The monoisotopic (exact) mass is 350 g/mol. The quantitative estimate of drug-likeness (QED) is 0.443. The highest BCUT2D eigenvalue weighted by Gasteiger charge is 2.25. The van der Waals surface area contributed by atoms with Crippen molar-refractivity contribution in [2.24, 2.45) is 0 Å². The number of nitrogens with one attached hydrogen (secondary N) is 2. The van der Waals surface area contributed by atoms with Crippen LogP contribution in [0.2, 0.25) is 0 Å². The van der Waals surface area contributed by atoms with Gasteiger partial charge in [0.25, 0.3) is 0 Å². The number of unbranched alkanes of at least 4 members (excludes halogenated alkanes) is 1. The number of hydrogen-bond acceptors (Lipinski definition) is 3. The number of rotatable bonds is 10. The fourth-order valence-corrected chi connectivity index (χ4v) is 2.31. The van der Waals surface area contributed by atoms with Crippen LogP contribution < -0.4 is 10.6 Å². The number of hydrogen-bond donors (Lipinski definition) is 3. The van der Waals surface area contributed by atoms with E-state index in [4.69, 9.17) is 0 Å². The Labute approximate surface area is 146 Å². The Bertz CT molecular complexity index is 616. The van der Waals surface area contributed by atoms with Crippen LogP contribution in [-0.2, 0) is 20.8 Å². The summed E-state index contributed by atoms with van der Waals surface area (Å²) >= 11 is 0. The van der Waals surface area contributed by atoms with Crippen LogP contribution in [-0.4, -0.2) is 35.0 Å². The van der Waals surface area contributed by atoms with Crippen LogP contribution >= 0.6 is 0 Å².